The zero-order valence-electron chi connectivity index (χ0n) is 15.0. The summed E-state index contributed by atoms with van der Waals surface area (Å²) >= 11 is 0. The van der Waals surface area contributed by atoms with E-state index in [1.54, 1.807) is 12.1 Å². The van der Waals surface area contributed by atoms with E-state index in [9.17, 15) is 4.79 Å². The van der Waals surface area contributed by atoms with Crippen molar-refractivity contribution >= 4 is 5.91 Å². The third-order valence-electron chi connectivity index (χ3n) is 5.55. The Morgan fingerprint density at radius 3 is 2.69 bits per heavy atom. The summed E-state index contributed by atoms with van der Waals surface area (Å²) in [6, 6.07) is 10.3. The maximum Gasteiger partial charge on any atom is 0.250 e. The number of nitrogens with two attached hydrogens (primary N) is 1. The molecule has 1 aromatic carbocycles. The van der Waals surface area contributed by atoms with Gasteiger partial charge in [-0.15, -0.1) is 0 Å². The van der Waals surface area contributed by atoms with Gasteiger partial charge in [0.05, 0.1) is 5.56 Å². The van der Waals surface area contributed by atoms with Crippen LogP contribution in [0.3, 0.4) is 0 Å². The quantitative estimate of drug-likeness (QED) is 0.913. The van der Waals surface area contributed by atoms with Crippen molar-refractivity contribution in [2.45, 2.75) is 51.1 Å². The lowest BCUT2D eigenvalue weighted by Crippen LogP contribution is -2.40. The second-order valence-corrected chi connectivity index (χ2v) is 7.29. The maximum atomic E-state index is 11.1. The molecule has 0 unspecified atom stereocenters. The lowest BCUT2D eigenvalue weighted by atomic mass is 9.91. The molecule has 1 aromatic heterocycles. The van der Waals surface area contributed by atoms with Gasteiger partial charge in [0.15, 0.2) is 0 Å². The highest BCUT2D eigenvalue weighted by Gasteiger charge is 2.25. The molecule has 136 valence electrons. The maximum absolute atomic E-state index is 11.1. The van der Waals surface area contributed by atoms with Gasteiger partial charge in [0.1, 0.15) is 5.75 Å². The van der Waals surface area contributed by atoms with Gasteiger partial charge in [-0.1, -0.05) is 25.3 Å². The minimum Gasteiger partial charge on any atom is -0.439 e. The third-order valence-corrected chi connectivity index (χ3v) is 5.55. The van der Waals surface area contributed by atoms with Crippen LogP contribution in [0.4, 0.5) is 0 Å². The number of aromatic nitrogens is 1. The van der Waals surface area contributed by atoms with Gasteiger partial charge in [-0.3, -0.25) is 9.69 Å². The average Bonchev–Trinajstić information content (AvgIpc) is 2.68. The Labute approximate surface area is 154 Å². The summed E-state index contributed by atoms with van der Waals surface area (Å²) in [6.07, 6.45) is 9.34. The Kier molecular flexibility index (Phi) is 4.89. The first-order valence-corrected chi connectivity index (χ1v) is 9.48. The second-order valence-electron chi connectivity index (χ2n) is 7.29. The SMILES string of the molecule is NC(=O)c1ccc(Oc2ccc3c(c2)CN(C2CCCCC2)CC3)nc1. The van der Waals surface area contributed by atoms with E-state index in [1.807, 2.05) is 6.07 Å². The summed E-state index contributed by atoms with van der Waals surface area (Å²) in [7, 11) is 0. The predicted octanol–water partition coefficient (Wildman–Crippen LogP) is 3.66. The van der Waals surface area contributed by atoms with Crippen LogP contribution in [-0.4, -0.2) is 28.4 Å². The summed E-state index contributed by atoms with van der Waals surface area (Å²) in [5.74, 6) is 0.768. The van der Waals surface area contributed by atoms with Gasteiger partial charge in [-0.2, -0.15) is 0 Å². The largest absolute Gasteiger partial charge is 0.439 e. The molecule has 1 aliphatic heterocycles. The molecule has 1 saturated carbocycles. The van der Waals surface area contributed by atoms with Crippen molar-refractivity contribution in [1.29, 1.82) is 0 Å². The van der Waals surface area contributed by atoms with Crippen molar-refractivity contribution in [3.8, 4) is 11.6 Å². The van der Waals surface area contributed by atoms with Gasteiger partial charge < -0.3 is 10.5 Å². The number of rotatable bonds is 4. The van der Waals surface area contributed by atoms with E-state index in [-0.39, 0.29) is 0 Å². The van der Waals surface area contributed by atoms with Crippen LogP contribution >= 0.6 is 0 Å². The number of fused-ring (bicyclic) bond motifs is 1. The van der Waals surface area contributed by atoms with Gasteiger partial charge in [-0.05, 0) is 48.6 Å². The monoisotopic (exact) mass is 351 g/mol. The number of nitrogens with zero attached hydrogens (tertiary/aromatic N) is 2. The Hall–Kier alpha value is -2.40. The molecule has 1 aliphatic carbocycles. The summed E-state index contributed by atoms with van der Waals surface area (Å²) < 4.78 is 5.88. The van der Waals surface area contributed by atoms with Gasteiger partial charge in [0.25, 0.3) is 0 Å². The van der Waals surface area contributed by atoms with E-state index in [0.717, 1.165) is 31.3 Å². The summed E-state index contributed by atoms with van der Waals surface area (Å²) in [5.41, 5.74) is 8.40. The Balaban J connectivity index is 1.47. The van der Waals surface area contributed by atoms with Crippen molar-refractivity contribution in [1.82, 2.24) is 9.88 Å². The van der Waals surface area contributed by atoms with E-state index in [0.29, 0.717) is 11.4 Å². The molecule has 0 radical (unpaired) electrons. The summed E-state index contributed by atoms with van der Waals surface area (Å²) in [4.78, 5) is 17.9. The molecular weight excluding hydrogens is 326 g/mol. The van der Waals surface area contributed by atoms with Crippen LogP contribution in [0, 0.1) is 0 Å². The second kappa shape index (κ2) is 7.46. The number of carbonyl (C=O) groups is 1. The van der Waals surface area contributed by atoms with Crippen molar-refractivity contribution in [3.05, 3.63) is 53.2 Å². The van der Waals surface area contributed by atoms with Crippen LogP contribution in [0.5, 0.6) is 11.6 Å². The highest BCUT2D eigenvalue weighted by Crippen LogP contribution is 2.30. The lowest BCUT2D eigenvalue weighted by Gasteiger charge is -2.37. The van der Waals surface area contributed by atoms with Gasteiger partial charge in [0, 0.05) is 31.4 Å². The Bertz CT molecular complexity index is 782. The van der Waals surface area contributed by atoms with E-state index in [4.69, 9.17) is 10.5 Å². The van der Waals surface area contributed by atoms with Gasteiger partial charge >= 0.3 is 0 Å². The fourth-order valence-corrected chi connectivity index (χ4v) is 4.08. The van der Waals surface area contributed by atoms with E-state index >= 15 is 0 Å². The highest BCUT2D eigenvalue weighted by molar-refractivity contribution is 5.92. The van der Waals surface area contributed by atoms with Crippen molar-refractivity contribution in [2.75, 3.05) is 6.54 Å². The highest BCUT2D eigenvalue weighted by atomic mass is 16.5. The number of ether oxygens (including phenoxy) is 1. The molecule has 0 atom stereocenters. The smallest absolute Gasteiger partial charge is 0.250 e. The van der Waals surface area contributed by atoms with Crippen LogP contribution in [0.25, 0.3) is 0 Å². The van der Waals surface area contributed by atoms with Crippen LogP contribution in [0.2, 0.25) is 0 Å². The van der Waals surface area contributed by atoms with Gasteiger partial charge in [-0.25, -0.2) is 4.98 Å². The third kappa shape index (κ3) is 3.73. The lowest BCUT2D eigenvalue weighted by molar-refractivity contribution is 0.1000. The van der Waals surface area contributed by atoms with Crippen LogP contribution in [0.1, 0.15) is 53.6 Å². The fraction of sp³-hybridized carbons (Fsp3) is 0.429. The molecule has 0 spiro atoms. The minimum absolute atomic E-state index is 0.380. The zero-order chi connectivity index (χ0) is 17.9. The Morgan fingerprint density at radius 2 is 1.96 bits per heavy atom. The average molecular weight is 351 g/mol. The van der Waals surface area contributed by atoms with E-state index < -0.39 is 5.91 Å². The normalized spacial score (nSPS) is 18.3. The number of carbonyl (C=O) groups excluding carboxylic acids is 1. The number of benzene rings is 1. The molecule has 2 aromatic rings. The molecule has 2 heterocycles. The first-order valence-electron chi connectivity index (χ1n) is 9.48. The number of primary amides is 1. The number of hydrogen-bond acceptors (Lipinski definition) is 4. The standard InChI is InChI=1S/C21H25N3O2/c22-21(25)16-7-9-20(23-13-16)26-19-8-6-15-10-11-24(14-17(15)12-19)18-4-2-1-3-5-18/h6-9,12-13,18H,1-5,10-11,14H2,(H2,22,25). The minimum atomic E-state index is -0.486. The van der Waals surface area contributed by atoms with E-state index in [1.165, 1.54) is 49.4 Å². The molecule has 2 N–H and O–H groups in total. The molecular formula is C21H25N3O2. The van der Waals surface area contributed by atoms with Crippen LogP contribution in [0.15, 0.2) is 36.5 Å². The topological polar surface area (TPSA) is 68.5 Å². The predicted molar refractivity (Wildman–Crippen MR) is 100 cm³/mol. The first-order chi connectivity index (χ1) is 12.7. The number of hydrogen-bond donors (Lipinski definition) is 1. The molecule has 26 heavy (non-hydrogen) atoms. The Morgan fingerprint density at radius 1 is 1.12 bits per heavy atom. The summed E-state index contributed by atoms with van der Waals surface area (Å²) in [5, 5.41) is 0. The van der Waals surface area contributed by atoms with E-state index in [2.05, 4.69) is 22.0 Å². The van der Waals surface area contributed by atoms with Crippen molar-refractivity contribution in [3.63, 3.8) is 0 Å². The molecule has 1 amide bonds. The molecule has 0 bridgehead atoms. The zero-order valence-corrected chi connectivity index (χ0v) is 15.0. The van der Waals surface area contributed by atoms with Gasteiger partial charge in [0.2, 0.25) is 11.8 Å². The van der Waals surface area contributed by atoms with Crippen LogP contribution in [-0.2, 0) is 13.0 Å². The van der Waals surface area contributed by atoms with Crippen LogP contribution < -0.4 is 10.5 Å². The molecule has 4 rings (SSSR count). The van der Waals surface area contributed by atoms with Crippen molar-refractivity contribution in [2.24, 2.45) is 5.73 Å². The molecule has 1 fully saturated rings. The molecule has 2 aliphatic rings. The molecule has 0 saturated heterocycles. The number of pyridine rings is 1. The number of amides is 1. The molecule has 5 heteroatoms. The summed E-state index contributed by atoms with van der Waals surface area (Å²) in [6.45, 7) is 2.17. The first kappa shape index (κ1) is 17.0. The molecule has 5 nitrogen and oxygen atoms in total. The van der Waals surface area contributed by atoms with Crippen molar-refractivity contribution < 1.29 is 9.53 Å². The fourth-order valence-electron chi connectivity index (χ4n) is 4.08.